The molecule has 1 N–H and O–H groups in total. The largest absolute Gasteiger partial charge is 0.508 e. The average molecular weight is 475 g/mol. The summed E-state index contributed by atoms with van der Waals surface area (Å²) in [6.45, 7) is 8.61. The van der Waals surface area contributed by atoms with Crippen LogP contribution in [0.15, 0.2) is 66.7 Å². The molecular formula is C32H42O3. The van der Waals surface area contributed by atoms with Gasteiger partial charge in [0, 0.05) is 18.4 Å². The molecule has 2 unspecified atom stereocenters. The Morgan fingerprint density at radius 3 is 1.66 bits per heavy atom. The molecule has 0 aromatic heterocycles. The molecule has 0 bridgehead atoms. The van der Waals surface area contributed by atoms with Crippen molar-refractivity contribution in [2.75, 3.05) is 0 Å². The van der Waals surface area contributed by atoms with Gasteiger partial charge in [-0.1, -0.05) is 75.2 Å². The molecule has 0 radical (unpaired) electrons. The van der Waals surface area contributed by atoms with E-state index in [0.29, 0.717) is 12.2 Å². The standard InChI is InChI=1S/C32H42O3/c1-5-7-14-26-16-9-11-20-31(26)34-24(3)22-28-18-13-19-30(33)29(28)23-25(4)35-32-21-12-10-17-27(32)15-8-6-2/h9-13,16-21,24-25,33H,5-8,14-15,22-23H2,1-4H3. The van der Waals surface area contributed by atoms with Crippen LogP contribution >= 0.6 is 0 Å². The van der Waals surface area contributed by atoms with Crippen LogP contribution in [0.5, 0.6) is 17.2 Å². The van der Waals surface area contributed by atoms with Crippen molar-refractivity contribution in [3.8, 4) is 17.2 Å². The summed E-state index contributed by atoms with van der Waals surface area (Å²) < 4.78 is 12.8. The molecule has 0 aliphatic carbocycles. The summed E-state index contributed by atoms with van der Waals surface area (Å²) >= 11 is 0. The molecule has 0 aliphatic heterocycles. The number of hydrogen-bond donors (Lipinski definition) is 1. The second kappa shape index (κ2) is 13.8. The lowest BCUT2D eigenvalue weighted by Gasteiger charge is -2.22. The van der Waals surface area contributed by atoms with E-state index in [1.54, 1.807) is 6.07 Å². The van der Waals surface area contributed by atoms with Crippen molar-refractivity contribution in [3.63, 3.8) is 0 Å². The van der Waals surface area contributed by atoms with E-state index < -0.39 is 0 Å². The molecule has 0 amide bonds. The van der Waals surface area contributed by atoms with Crippen LogP contribution in [0.25, 0.3) is 0 Å². The van der Waals surface area contributed by atoms with Crippen molar-refractivity contribution < 1.29 is 14.6 Å². The highest BCUT2D eigenvalue weighted by Crippen LogP contribution is 2.28. The van der Waals surface area contributed by atoms with Gasteiger partial charge >= 0.3 is 0 Å². The molecule has 3 heteroatoms. The highest BCUT2D eigenvalue weighted by Gasteiger charge is 2.17. The predicted molar refractivity (Wildman–Crippen MR) is 146 cm³/mol. The van der Waals surface area contributed by atoms with Gasteiger partial charge in [0.2, 0.25) is 0 Å². The number of ether oxygens (including phenoxy) is 2. The molecule has 3 aromatic carbocycles. The quantitative estimate of drug-likeness (QED) is 0.256. The number of rotatable bonds is 14. The fourth-order valence-electron chi connectivity index (χ4n) is 4.55. The highest BCUT2D eigenvalue weighted by molar-refractivity contribution is 5.41. The van der Waals surface area contributed by atoms with Gasteiger partial charge in [-0.05, 0) is 74.4 Å². The van der Waals surface area contributed by atoms with Crippen molar-refractivity contribution >= 4 is 0 Å². The summed E-state index contributed by atoms with van der Waals surface area (Å²) in [6, 6.07) is 22.4. The van der Waals surface area contributed by atoms with Gasteiger partial charge in [0.15, 0.2) is 0 Å². The van der Waals surface area contributed by atoms with Crippen LogP contribution in [0.3, 0.4) is 0 Å². The van der Waals surface area contributed by atoms with Gasteiger partial charge in [-0.2, -0.15) is 0 Å². The zero-order valence-corrected chi connectivity index (χ0v) is 21.9. The van der Waals surface area contributed by atoms with E-state index in [1.807, 2.05) is 18.2 Å². The Hall–Kier alpha value is -2.94. The third-order valence-electron chi connectivity index (χ3n) is 6.45. The zero-order chi connectivity index (χ0) is 25.0. The van der Waals surface area contributed by atoms with Crippen LogP contribution in [-0.4, -0.2) is 17.3 Å². The maximum Gasteiger partial charge on any atom is 0.122 e. The van der Waals surface area contributed by atoms with Crippen LogP contribution in [0.4, 0.5) is 0 Å². The lowest BCUT2D eigenvalue weighted by molar-refractivity contribution is 0.212. The summed E-state index contributed by atoms with van der Waals surface area (Å²) in [5, 5.41) is 10.7. The van der Waals surface area contributed by atoms with Gasteiger partial charge in [0.25, 0.3) is 0 Å². The van der Waals surface area contributed by atoms with E-state index >= 15 is 0 Å². The molecule has 0 aliphatic rings. The number of phenolic OH excluding ortho intramolecular Hbond substituents is 1. The number of aromatic hydroxyl groups is 1. The van der Waals surface area contributed by atoms with Gasteiger partial charge in [0.05, 0.1) is 6.10 Å². The molecule has 35 heavy (non-hydrogen) atoms. The van der Waals surface area contributed by atoms with E-state index in [4.69, 9.17) is 9.47 Å². The third kappa shape index (κ3) is 8.06. The molecule has 188 valence electrons. The van der Waals surface area contributed by atoms with E-state index in [9.17, 15) is 5.11 Å². The van der Waals surface area contributed by atoms with Gasteiger partial charge in [0.1, 0.15) is 23.4 Å². The highest BCUT2D eigenvalue weighted by atomic mass is 16.5. The fraction of sp³-hybridized carbons (Fsp3) is 0.438. The summed E-state index contributed by atoms with van der Waals surface area (Å²) in [5.41, 5.74) is 4.57. The number of para-hydroxylation sites is 2. The normalized spacial score (nSPS) is 12.8. The molecule has 0 saturated heterocycles. The summed E-state index contributed by atoms with van der Waals surface area (Å²) in [5.74, 6) is 2.24. The second-order valence-corrected chi connectivity index (χ2v) is 9.60. The van der Waals surface area contributed by atoms with Crippen LogP contribution in [0.1, 0.15) is 75.6 Å². The average Bonchev–Trinajstić information content (AvgIpc) is 2.85. The second-order valence-electron chi connectivity index (χ2n) is 9.60. The molecule has 0 saturated carbocycles. The Morgan fingerprint density at radius 2 is 1.11 bits per heavy atom. The Balaban J connectivity index is 1.69. The first-order valence-corrected chi connectivity index (χ1v) is 13.3. The van der Waals surface area contributed by atoms with Crippen LogP contribution < -0.4 is 9.47 Å². The van der Waals surface area contributed by atoms with Gasteiger partial charge in [-0.3, -0.25) is 0 Å². The van der Waals surface area contributed by atoms with Crippen molar-refractivity contribution in [1.29, 1.82) is 0 Å². The molecule has 3 nitrogen and oxygen atoms in total. The molecule has 3 rings (SSSR count). The molecule has 0 spiro atoms. The molecule has 3 aromatic rings. The van der Waals surface area contributed by atoms with E-state index in [2.05, 4.69) is 70.2 Å². The maximum atomic E-state index is 10.7. The van der Waals surface area contributed by atoms with Crippen LogP contribution in [0, 0.1) is 0 Å². The van der Waals surface area contributed by atoms with Crippen molar-refractivity contribution in [3.05, 3.63) is 89.0 Å². The fourth-order valence-corrected chi connectivity index (χ4v) is 4.55. The predicted octanol–water partition coefficient (Wildman–Crippen LogP) is 8.10. The van der Waals surface area contributed by atoms with Crippen molar-refractivity contribution in [2.45, 2.75) is 91.3 Å². The van der Waals surface area contributed by atoms with Gasteiger partial charge in [-0.25, -0.2) is 0 Å². The Labute approximate surface area is 212 Å². The van der Waals surface area contributed by atoms with Crippen LogP contribution in [-0.2, 0) is 25.7 Å². The smallest absolute Gasteiger partial charge is 0.122 e. The first-order valence-electron chi connectivity index (χ1n) is 13.3. The topological polar surface area (TPSA) is 38.7 Å². The summed E-state index contributed by atoms with van der Waals surface area (Å²) in [4.78, 5) is 0. The summed E-state index contributed by atoms with van der Waals surface area (Å²) in [6.07, 6.45) is 7.99. The third-order valence-corrected chi connectivity index (χ3v) is 6.45. The minimum Gasteiger partial charge on any atom is -0.508 e. The lowest BCUT2D eigenvalue weighted by Crippen LogP contribution is -2.20. The Bertz CT molecular complexity index is 1040. The minimum atomic E-state index is -0.0594. The van der Waals surface area contributed by atoms with Crippen LogP contribution in [0.2, 0.25) is 0 Å². The Kier molecular flexibility index (Phi) is 10.5. The van der Waals surface area contributed by atoms with Gasteiger partial charge in [-0.15, -0.1) is 0 Å². The SMILES string of the molecule is CCCCc1ccccc1OC(C)Cc1cccc(O)c1CC(C)Oc1ccccc1CCCC. The first kappa shape index (κ1) is 26.7. The molecular weight excluding hydrogens is 432 g/mol. The Morgan fingerprint density at radius 1 is 0.629 bits per heavy atom. The number of phenols is 1. The first-order chi connectivity index (χ1) is 17.0. The minimum absolute atomic E-state index is 0.00989. The molecule has 0 fully saturated rings. The van der Waals surface area contributed by atoms with Gasteiger partial charge < -0.3 is 14.6 Å². The maximum absolute atomic E-state index is 10.7. The van der Waals surface area contributed by atoms with E-state index in [1.165, 1.54) is 17.5 Å². The van der Waals surface area contributed by atoms with Crippen molar-refractivity contribution in [2.24, 2.45) is 0 Å². The number of hydrogen-bond acceptors (Lipinski definition) is 3. The summed E-state index contributed by atoms with van der Waals surface area (Å²) in [7, 11) is 0. The van der Waals surface area contributed by atoms with E-state index in [0.717, 1.165) is 61.2 Å². The number of aryl methyl sites for hydroxylation is 2. The molecule has 0 heterocycles. The van der Waals surface area contributed by atoms with Crippen molar-refractivity contribution in [1.82, 2.24) is 0 Å². The lowest BCUT2D eigenvalue weighted by atomic mass is 9.96. The molecule has 2 atom stereocenters. The number of benzene rings is 3. The van der Waals surface area contributed by atoms with E-state index in [-0.39, 0.29) is 12.2 Å². The monoisotopic (exact) mass is 474 g/mol. The zero-order valence-electron chi connectivity index (χ0n) is 21.9. The number of unbranched alkanes of at least 4 members (excludes halogenated alkanes) is 2.